The molecule has 0 atom stereocenters. The summed E-state index contributed by atoms with van der Waals surface area (Å²) < 4.78 is 4.42. The molecule has 1 aromatic rings. The monoisotopic (exact) mass is 278 g/mol. The number of anilines is 1. The van der Waals surface area contributed by atoms with Gasteiger partial charge in [-0.25, -0.2) is 4.98 Å². The fraction of sp³-hybridized carbons (Fsp3) is 0.769. The fourth-order valence-electron chi connectivity index (χ4n) is 2.85. The molecule has 1 saturated carbocycles. The summed E-state index contributed by atoms with van der Waals surface area (Å²) in [6, 6.07) is 0. The van der Waals surface area contributed by atoms with Crippen LogP contribution in [-0.4, -0.2) is 46.3 Å². The van der Waals surface area contributed by atoms with Crippen LogP contribution in [0.3, 0.4) is 0 Å². The maximum absolute atomic E-state index is 12.2. The van der Waals surface area contributed by atoms with E-state index in [0.29, 0.717) is 11.8 Å². The fourth-order valence-corrected chi connectivity index (χ4v) is 3.61. The lowest BCUT2D eigenvalue weighted by atomic mass is 9.99. The van der Waals surface area contributed by atoms with Crippen molar-refractivity contribution < 1.29 is 4.79 Å². The number of hydrogen-bond acceptors (Lipinski definition) is 5. The molecular weight excluding hydrogens is 260 g/mol. The molecule has 0 spiro atoms. The van der Waals surface area contributed by atoms with Gasteiger partial charge in [0.1, 0.15) is 5.82 Å². The van der Waals surface area contributed by atoms with Crippen LogP contribution in [0.5, 0.6) is 0 Å². The quantitative estimate of drug-likeness (QED) is 0.840. The van der Waals surface area contributed by atoms with Crippen molar-refractivity contribution in [1.29, 1.82) is 0 Å². The molecule has 6 heteroatoms. The number of rotatable bonds is 3. The first-order valence-electron chi connectivity index (χ1n) is 7.18. The summed E-state index contributed by atoms with van der Waals surface area (Å²) >= 11 is 1.49. The third-order valence-corrected chi connectivity index (χ3v) is 5.08. The highest BCUT2D eigenvalue weighted by atomic mass is 32.1. The molecule has 0 radical (unpaired) electrons. The lowest BCUT2D eigenvalue weighted by Gasteiger charge is -2.39. The van der Waals surface area contributed by atoms with E-state index in [9.17, 15) is 4.79 Å². The lowest BCUT2D eigenvalue weighted by molar-refractivity contribution is -0.135. The summed E-state index contributed by atoms with van der Waals surface area (Å²) in [7, 11) is 0. The number of amides is 1. The molecule has 1 aromatic heterocycles. The zero-order valence-electron chi connectivity index (χ0n) is 10.9. The molecule has 0 bridgehead atoms. The number of carbonyl (C=O) groups excluding carboxylic acids is 1. The van der Waals surface area contributed by atoms with Crippen LogP contribution in [0.2, 0.25) is 0 Å². The average Bonchev–Trinajstić information content (AvgIpc) is 2.90. The molecule has 0 N–H and O–H groups in total. The van der Waals surface area contributed by atoms with Gasteiger partial charge in [0.2, 0.25) is 11.0 Å². The van der Waals surface area contributed by atoms with Crippen LogP contribution in [0.4, 0.5) is 5.13 Å². The van der Waals surface area contributed by atoms with E-state index in [1.54, 1.807) is 0 Å². The Morgan fingerprint density at radius 1 is 1.21 bits per heavy atom. The summed E-state index contributed by atoms with van der Waals surface area (Å²) in [6.07, 6.45) is 4.82. The van der Waals surface area contributed by atoms with Gasteiger partial charge in [-0.2, -0.15) is 4.37 Å². The molecule has 19 heavy (non-hydrogen) atoms. The molecule has 5 nitrogen and oxygen atoms in total. The van der Waals surface area contributed by atoms with Crippen molar-refractivity contribution in [3.05, 3.63) is 5.82 Å². The van der Waals surface area contributed by atoms with Crippen LogP contribution in [-0.2, 0) is 4.79 Å². The topological polar surface area (TPSA) is 49.3 Å². The Bertz CT molecular complexity index is 487. The third kappa shape index (κ3) is 2.12. The summed E-state index contributed by atoms with van der Waals surface area (Å²) in [5, 5.41) is 1.01. The van der Waals surface area contributed by atoms with Gasteiger partial charge in [-0.1, -0.05) is 0 Å². The van der Waals surface area contributed by atoms with E-state index in [4.69, 9.17) is 0 Å². The Labute approximate surface area is 116 Å². The molecule has 3 aliphatic rings. The minimum absolute atomic E-state index is 0.186. The van der Waals surface area contributed by atoms with Gasteiger partial charge in [-0.15, -0.1) is 0 Å². The lowest BCUT2D eigenvalue weighted by Crippen LogP contribution is -2.54. The van der Waals surface area contributed by atoms with Gasteiger partial charge in [0.05, 0.1) is 5.92 Å². The number of aromatic nitrogens is 2. The molecule has 1 amide bonds. The van der Waals surface area contributed by atoms with Crippen molar-refractivity contribution in [2.75, 3.05) is 31.1 Å². The van der Waals surface area contributed by atoms with Crippen molar-refractivity contribution in [3.63, 3.8) is 0 Å². The van der Waals surface area contributed by atoms with E-state index >= 15 is 0 Å². The first kappa shape index (κ1) is 11.6. The molecule has 2 saturated heterocycles. The molecule has 102 valence electrons. The van der Waals surface area contributed by atoms with Gasteiger partial charge in [-0.3, -0.25) is 4.79 Å². The molecule has 0 aromatic carbocycles. The number of carbonyl (C=O) groups is 1. The van der Waals surface area contributed by atoms with Gasteiger partial charge in [0.25, 0.3) is 0 Å². The maximum Gasteiger partial charge on any atom is 0.229 e. The average molecular weight is 278 g/mol. The highest BCUT2D eigenvalue weighted by Crippen LogP contribution is 2.40. The summed E-state index contributed by atoms with van der Waals surface area (Å²) in [5.74, 6) is 2.18. The first-order valence-corrected chi connectivity index (χ1v) is 7.96. The van der Waals surface area contributed by atoms with E-state index in [2.05, 4.69) is 14.3 Å². The van der Waals surface area contributed by atoms with Crippen molar-refractivity contribution in [3.8, 4) is 0 Å². The van der Waals surface area contributed by atoms with E-state index in [-0.39, 0.29) is 5.92 Å². The zero-order valence-corrected chi connectivity index (χ0v) is 11.7. The SMILES string of the molecule is O=C(C1CN(c2nc(C3CC3)ns2)C1)N1CCCC1. The van der Waals surface area contributed by atoms with Gasteiger partial charge in [0.15, 0.2) is 0 Å². The Hall–Kier alpha value is -1.17. The molecule has 3 fully saturated rings. The number of hydrogen-bond donors (Lipinski definition) is 0. The minimum atomic E-state index is 0.186. The van der Waals surface area contributed by atoms with Crippen LogP contribution >= 0.6 is 11.5 Å². The van der Waals surface area contributed by atoms with Crippen molar-refractivity contribution in [2.45, 2.75) is 31.6 Å². The summed E-state index contributed by atoms with van der Waals surface area (Å²) in [6.45, 7) is 3.57. The second-order valence-electron chi connectivity index (χ2n) is 5.84. The van der Waals surface area contributed by atoms with Gasteiger partial charge >= 0.3 is 0 Å². The Kier molecular flexibility index (Phi) is 2.72. The van der Waals surface area contributed by atoms with E-state index in [1.807, 2.05) is 4.90 Å². The zero-order chi connectivity index (χ0) is 12.8. The number of likely N-dealkylation sites (tertiary alicyclic amines) is 1. The van der Waals surface area contributed by atoms with E-state index in [0.717, 1.165) is 37.1 Å². The van der Waals surface area contributed by atoms with Gasteiger partial charge < -0.3 is 9.80 Å². The predicted octanol–water partition coefficient (Wildman–Crippen LogP) is 1.47. The Balaban J connectivity index is 1.34. The summed E-state index contributed by atoms with van der Waals surface area (Å²) in [4.78, 5) is 21.0. The Morgan fingerprint density at radius 3 is 2.63 bits per heavy atom. The largest absolute Gasteiger partial charge is 0.345 e. The Morgan fingerprint density at radius 2 is 1.95 bits per heavy atom. The minimum Gasteiger partial charge on any atom is -0.345 e. The molecule has 4 rings (SSSR count). The van der Waals surface area contributed by atoms with Gasteiger partial charge in [-0.05, 0) is 25.7 Å². The molecule has 2 aliphatic heterocycles. The summed E-state index contributed by atoms with van der Waals surface area (Å²) in [5.41, 5.74) is 0. The molecule has 1 aliphatic carbocycles. The normalized spacial score (nSPS) is 23.8. The van der Waals surface area contributed by atoms with Crippen LogP contribution in [0, 0.1) is 5.92 Å². The van der Waals surface area contributed by atoms with Crippen LogP contribution in [0.25, 0.3) is 0 Å². The third-order valence-electron chi connectivity index (χ3n) is 4.29. The highest BCUT2D eigenvalue weighted by Gasteiger charge is 2.38. The van der Waals surface area contributed by atoms with Crippen molar-refractivity contribution in [2.24, 2.45) is 5.92 Å². The van der Waals surface area contributed by atoms with Crippen LogP contribution in [0.15, 0.2) is 0 Å². The first-order chi connectivity index (χ1) is 9.31. The predicted molar refractivity (Wildman–Crippen MR) is 73.4 cm³/mol. The molecular formula is C13H18N4OS. The second-order valence-corrected chi connectivity index (χ2v) is 6.57. The number of nitrogens with zero attached hydrogens (tertiary/aromatic N) is 4. The second kappa shape index (κ2) is 4.44. The van der Waals surface area contributed by atoms with Crippen LogP contribution < -0.4 is 4.90 Å². The van der Waals surface area contributed by atoms with Crippen molar-refractivity contribution >= 4 is 22.6 Å². The molecule has 3 heterocycles. The standard InChI is InChI=1S/C13H18N4OS/c18-12(16-5-1-2-6-16)10-7-17(8-10)13-14-11(15-19-13)9-3-4-9/h9-10H,1-8H2. The van der Waals surface area contributed by atoms with Gasteiger partial charge in [0, 0.05) is 43.6 Å². The van der Waals surface area contributed by atoms with Crippen LogP contribution in [0.1, 0.15) is 37.4 Å². The van der Waals surface area contributed by atoms with E-state index in [1.165, 1.54) is 37.2 Å². The molecule has 0 unspecified atom stereocenters. The highest BCUT2D eigenvalue weighted by molar-refractivity contribution is 7.09. The van der Waals surface area contributed by atoms with E-state index < -0.39 is 0 Å². The van der Waals surface area contributed by atoms with Crippen molar-refractivity contribution in [1.82, 2.24) is 14.3 Å². The smallest absolute Gasteiger partial charge is 0.229 e. The maximum atomic E-state index is 12.2.